The van der Waals surface area contributed by atoms with Crippen molar-refractivity contribution in [2.45, 2.75) is 6.10 Å². The summed E-state index contributed by atoms with van der Waals surface area (Å²) in [6.45, 7) is 4.46. The van der Waals surface area contributed by atoms with Gasteiger partial charge < -0.3 is 10.0 Å². The summed E-state index contributed by atoms with van der Waals surface area (Å²) in [5, 5.41) is 11.2. The Labute approximate surface area is 150 Å². The molecule has 0 amide bonds. The van der Waals surface area contributed by atoms with Gasteiger partial charge in [-0.1, -0.05) is 45.7 Å². The Balaban J connectivity index is 1.54. The Morgan fingerprint density at radius 3 is 2.39 bits per heavy atom. The van der Waals surface area contributed by atoms with Crippen LogP contribution >= 0.6 is 27.5 Å². The molecule has 1 saturated heterocycles. The van der Waals surface area contributed by atoms with Crippen molar-refractivity contribution in [3.8, 4) is 0 Å². The van der Waals surface area contributed by atoms with Gasteiger partial charge in [-0.25, -0.2) is 0 Å². The zero-order valence-corrected chi connectivity index (χ0v) is 15.2. The fourth-order valence-electron chi connectivity index (χ4n) is 2.90. The molecule has 0 aliphatic carbocycles. The lowest BCUT2D eigenvalue weighted by Crippen LogP contribution is -2.47. The average molecular weight is 396 g/mol. The minimum Gasteiger partial charge on any atom is -0.387 e. The Bertz CT molecular complexity index is 642. The van der Waals surface area contributed by atoms with Crippen LogP contribution in [0, 0.1) is 0 Å². The predicted molar refractivity (Wildman–Crippen MR) is 99.2 cm³/mol. The summed E-state index contributed by atoms with van der Waals surface area (Å²) >= 11 is 9.49. The number of β-amino-alcohol motifs (C(OH)–C–C–N with tert-alkyl or cyclic N) is 1. The minimum atomic E-state index is -0.444. The fourth-order valence-corrected chi connectivity index (χ4v) is 3.35. The average Bonchev–Trinajstić information content (AvgIpc) is 2.56. The molecule has 0 spiro atoms. The molecule has 1 fully saturated rings. The fraction of sp³-hybridized carbons (Fsp3) is 0.333. The van der Waals surface area contributed by atoms with Gasteiger partial charge in [-0.15, -0.1) is 0 Å². The molecule has 23 heavy (non-hydrogen) atoms. The van der Waals surface area contributed by atoms with Gasteiger partial charge in [-0.2, -0.15) is 0 Å². The normalized spacial score (nSPS) is 17.3. The molecular formula is C18H20BrClN2O. The van der Waals surface area contributed by atoms with Crippen molar-refractivity contribution in [1.82, 2.24) is 4.90 Å². The first-order valence-corrected chi connectivity index (χ1v) is 8.95. The van der Waals surface area contributed by atoms with Gasteiger partial charge in [-0.05, 0) is 35.9 Å². The first-order valence-electron chi connectivity index (χ1n) is 7.78. The third-order valence-electron chi connectivity index (χ3n) is 4.23. The first-order chi connectivity index (χ1) is 11.1. The van der Waals surface area contributed by atoms with Crippen LogP contribution in [0.2, 0.25) is 5.02 Å². The highest BCUT2D eigenvalue weighted by molar-refractivity contribution is 9.10. The highest BCUT2D eigenvalue weighted by Crippen LogP contribution is 2.22. The zero-order valence-electron chi connectivity index (χ0n) is 12.8. The topological polar surface area (TPSA) is 26.7 Å². The van der Waals surface area contributed by atoms with Crippen LogP contribution in [0.5, 0.6) is 0 Å². The van der Waals surface area contributed by atoms with E-state index in [0.717, 1.165) is 41.2 Å². The summed E-state index contributed by atoms with van der Waals surface area (Å²) in [6, 6.07) is 15.9. The molecular weight excluding hydrogens is 376 g/mol. The van der Waals surface area contributed by atoms with Crippen molar-refractivity contribution in [3.05, 3.63) is 63.6 Å². The maximum atomic E-state index is 10.4. The summed E-state index contributed by atoms with van der Waals surface area (Å²) in [7, 11) is 0. The number of hydrogen-bond donors (Lipinski definition) is 1. The molecule has 2 aromatic rings. The zero-order chi connectivity index (χ0) is 16.2. The van der Waals surface area contributed by atoms with E-state index < -0.39 is 6.10 Å². The predicted octanol–water partition coefficient (Wildman–Crippen LogP) is 3.96. The summed E-state index contributed by atoms with van der Waals surface area (Å²) in [5.41, 5.74) is 2.14. The number of aliphatic hydroxyl groups excluding tert-OH is 1. The van der Waals surface area contributed by atoms with Crippen LogP contribution in [0.3, 0.4) is 0 Å². The molecule has 1 heterocycles. The number of halogens is 2. The van der Waals surface area contributed by atoms with Crippen LogP contribution in [-0.4, -0.2) is 42.7 Å². The molecule has 1 aliphatic heterocycles. The Hall–Kier alpha value is -1.07. The smallest absolute Gasteiger partial charge is 0.0916 e. The molecule has 2 aromatic carbocycles. The van der Waals surface area contributed by atoms with E-state index in [-0.39, 0.29) is 0 Å². The maximum Gasteiger partial charge on any atom is 0.0916 e. The van der Waals surface area contributed by atoms with Crippen molar-refractivity contribution in [3.63, 3.8) is 0 Å². The van der Waals surface area contributed by atoms with E-state index in [1.54, 1.807) is 0 Å². The number of anilines is 1. The van der Waals surface area contributed by atoms with Crippen molar-refractivity contribution in [2.75, 3.05) is 37.6 Å². The van der Waals surface area contributed by atoms with E-state index in [1.165, 1.54) is 5.69 Å². The third kappa shape index (κ3) is 4.48. The molecule has 1 aliphatic rings. The third-order valence-corrected chi connectivity index (χ3v) is 5.00. The highest BCUT2D eigenvalue weighted by atomic mass is 79.9. The molecule has 3 rings (SSSR count). The van der Waals surface area contributed by atoms with Crippen LogP contribution in [0.25, 0.3) is 0 Å². The number of nitrogens with zero attached hydrogens (tertiary/aromatic N) is 2. The molecule has 0 saturated carbocycles. The highest BCUT2D eigenvalue weighted by Gasteiger charge is 2.20. The molecule has 1 N–H and O–H groups in total. The van der Waals surface area contributed by atoms with Crippen molar-refractivity contribution >= 4 is 33.2 Å². The van der Waals surface area contributed by atoms with Gasteiger partial charge >= 0.3 is 0 Å². The van der Waals surface area contributed by atoms with Crippen LogP contribution in [0.1, 0.15) is 11.7 Å². The summed E-state index contributed by atoms with van der Waals surface area (Å²) in [4.78, 5) is 4.65. The van der Waals surface area contributed by atoms with E-state index in [1.807, 2.05) is 42.5 Å². The van der Waals surface area contributed by atoms with Gasteiger partial charge in [0, 0.05) is 47.9 Å². The first kappa shape index (κ1) is 16.8. The van der Waals surface area contributed by atoms with Gasteiger partial charge in [0.05, 0.1) is 6.10 Å². The summed E-state index contributed by atoms with van der Waals surface area (Å²) in [5.74, 6) is 0. The molecule has 3 nitrogen and oxygen atoms in total. The Morgan fingerprint density at radius 2 is 1.74 bits per heavy atom. The molecule has 5 heteroatoms. The largest absolute Gasteiger partial charge is 0.387 e. The van der Waals surface area contributed by atoms with E-state index >= 15 is 0 Å². The van der Waals surface area contributed by atoms with Gasteiger partial charge in [0.2, 0.25) is 0 Å². The summed E-state index contributed by atoms with van der Waals surface area (Å²) < 4.78 is 1.03. The standard InChI is InChI=1S/C18H20BrClN2O/c19-15-6-4-14(5-7-15)18(23)13-21-8-10-22(11-9-21)17-3-1-2-16(20)12-17/h1-7,12,18,23H,8-11,13H2/t18-/m1/s1. The second-order valence-electron chi connectivity index (χ2n) is 5.83. The number of aliphatic hydroxyl groups is 1. The molecule has 0 aromatic heterocycles. The lowest BCUT2D eigenvalue weighted by atomic mass is 10.1. The lowest BCUT2D eigenvalue weighted by Gasteiger charge is -2.37. The van der Waals surface area contributed by atoms with E-state index in [2.05, 4.69) is 31.8 Å². The number of benzene rings is 2. The van der Waals surface area contributed by atoms with E-state index in [9.17, 15) is 5.11 Å². The van der Waals surface area contributed by atoms with E-state index in [4.69, 9.17) is 11.6 Å². The second-order valence-corrected chi connectivity index (χ2v) is 7.19. The number of piperazine rings is 1. The van der Waals surface area contributed by atoms with Gasteiger partial charge in [0.1, 0.15) is 0 Å². The quantitative estimate of drug-likeness (QED) is 0.849. The molecule has 0 bridgehead atoms. The summed E-state index contributed by atoms with van der Waals surface area (Å²) in [6.07, 6.45) is -0.444. The van der Waals surface area contributed by atoms with E-state index in [0.29, 0.717) is 6.54 Å². The Morgan fingerprint density at radius 1 is 1.04 bits per heavy atom. The van der Waals surface area contributed by atoms with Crippen LogP contribution in [0.15, 0.2) is 53.0 Å². The SMILES string of the molecule is O[C@H](CN1CCN(c2cccc(Cl)c2)CC1)c1ccc(Br)cc1. The second kappa shape index (κ2) is 7.67. The number of hydrogen-bond acceptors (Lipinski definition) is 3. The van der Waals surface area contributed by atoms with Crippen molar-refractivity contribution in [1.29, 1.82) is 0 Å². The number of rotatable bonds is 4. The van der Waals surface area contributed by atoms with Gasteiger partial charge in [0.25, 0.3) is 0 Å². The molecule has 1 atom stereocenters. The van der Waals surface area contributed by atoms with Gasteiger partial charge in [0.15, 0.2) is 0 Å². The molecule has 122 valence electrons. The Kier molecular flexibility index (Phi) is 5.59. The van der Waals surface area contributed by atoms with Crippen molar-refractivity contribution in [2.24, 2.45) is 0 Å². The van der Waals surface area contributed by atoms with Gasteiger partial charge in [-0.3, -0.25) is 4.90 Å². The lowest BCUT2D eigenvalue weighted by molar-refractivity contribution is 0.109. The maximum absolute atomic E-state index is 10.4. The van der Waals surface area contributed by atoms with Crippen LogP contribution in [-0.2, 0) is 0 Å². The molecule has 0 unspecified atom stereocenters. The van der Waals surface area contributed by atoms with Crippen molar-refractivity contribution < 1.29 is 5.11 Å². The van der Waals surface area contributed by atoms with Crippen LogP contribution < -0.4 is 4.90 Å². The monoisotopic (exact) mass is 394 g/mol. The van der Waals surface area contributed by atoms with Crippen LogP contribution in [0.4, 0.5) is 5.69 Å². The minimum absolute atomic E-state index is 0.444. The molecule has 0 radical (unpaired) electrons.